The largest absolute Gasteiger partial charge is 0.480 e. The Hall–Kier alpha value is -3.39. The number of alkyl carbamates (subject to hydrolysis) is 1. The smallest absolute Gasteiger partial charge is 0.407 e. The van der Waals surface area contributed by atoms with Crippen LogP contribution in [0.2, 0.25) is 0 Å². The molecule has 0 saturated carbocycles. The minimum Gasteiger partial charge on any atom is -0.480 e. The number of aliphatic hydroxyl groups is 1. The van der Waals surface area contributed by atoms with E-state index in [-0.39, 0.29) is 18.9 Å². The third-order valence-corrected chi connectivity index (χ3v) is 5.26. The predicted molar refractivity (Wildman–Crippen MR) is 114 cm³/mol. The van der Waals surface area contributed by atoms with Gasteiger partial charge in [0.1, 0.15) is 6.61 Å². The normalized spacial score (nSPS) is 15.2. The highest BCUT2D eigenvalue weighted by Crippen LogP contribution is 2.44. The number of carboxylic acid groups (broad SMARTS) is 1. The van der Waals surface area contributed by atoms with Gasteiger partial charge in [-0.3, -0.25) is 4.79 Å². The minimum atomic E-state index is -1.41. The number of rotatable bonds is 8. The molecule has 0 fully saturated rings. The van der Waals surface area contributed by atoms with Gasteiger partial charge in [-0.25, -0.2) is 9.59 Å². The van der Waals surface area contributed by atoms with Crippen LogP contribution in [0.1, 0.15) is 37.3 Å². The number of aliphatic hydroxyl groups excluding tert-OH is 1. The van der Waals surface area contributed by atoms with Gasteiger partial charge in [-0.15, -0.1) is 0 Å². The highest BCUT2D eigenvalue weighted by Gasteiger charge is 2.29. The molecule has 2 aromatic carbocycles. The lowest BCUT2D eigenvalue weighted by Gasteiger charge is -2.19. The second-order valence-corrected chi connectivity index (χ2v) is 7.70. The van der Waals surface area contributed by atoms with Gasteiger partial charge in [-0.1, -0.05) is 48.5 Å². The van der Waals surface area contributed by atoms with Crippen LogP contribution < -0.4 is 10.6 Å². The number of carbonyl (C=O) groups is 3. The van der Waals surface area contributed by atoms with Crippen molar-refractivity contribution in [3.05, 3.63) is 59.7 Å². The maximum Gasteiger partial charge on any atom is 0.407 e. The van der Waals surface area contributed by atoms with E-state index in [4.69, 9.17) is 9.84 Å². The van der Waals surface area contributed by atoms with E-state index in [0.29, 0.717) is 0 Å². The molecule has 0 aliphatic heterocycles. The Morgan fingerprint density at radius 3 is 2.03 bits per heavy atom. The molecule has 164 valence electrons. The van der Waals surface area contributed by atoms with E-state index in [0.717, 1.165) is 22.3 Å². The van der Waals surface area contributed by atoms with Crippen LogP contribution in [0.4, 0.5) is 4.79 Å². The third kappa shape index (κ3) is 5.21. The second kappa shape index (κ2) is 9.61. The van der Waals surface area contributed by atoms with Gasteiger partial charge in [-0.05, 0) is 36.1 Å². The molecule has 8 heteroatoms. The van der Waals surface area contributed by atoms with E-state index in [9.17, 15) is 19.5 Å². The van der Waals surface area contributed by atoms with E-state index >= 15 is 0 Å². The van der Waals surface area contributed by atoms with Crippen LogP contribution >= 0.6 is 0 Å². The fourth-order valence-electron chi connectivity index (χ4n) is 3.79. The van der Waals surface area contributed by atoms with Crippen LogP contribution in [-0.2, 0) is 14.3 Å². The van der Waals surface area contributed by atoms with Crippen LogP contribution in [-0.4, -0.2) is 53.0 Å². The van der Waals surface area contributed by atoms with Crippen molar-refractivity contribution in [1.82, 2.24) is 10.6 Å². The van der Waals surface area contributed by atoms with Gasteiger partial charge in [0.15, 0.2) is 6.04 Å². The molecule has 0 spiro atoms. The summed E-state index contributed by atoms with van der Waals surface area (Å²) in [7, 11) is 0. The summed E-state index contributed by atoms with van der Waals surface area (Å²) in [5, 5.41) is 23.3. The Labute approximate surface area is 180 Å². The van der Waals surface area contributed by atoms with Gasteiger partial charge in [0.2, 0.25) is 5.91 Å². The van der Waals surface area contributed by atoms with Crippen LogP contribution in [0.15, 0.2) is 48.5 Å². The molecule has 0 aromatic heterocycles. The van der Waals surface area contributed by atoms with Crippen molar-refractivity contribution >= 4 is 18.0 Å². The Morgan fingerprint density at radius 2 is 1.52 bits per heavy atom. The summed E-state index contributed by atoms with van der Waals surface area (Å²) < 4.78 is 5.43. The van der Waals surface area contributed by atoms with Crippen molar-refractivity contribution in [1.29, 1.82) is 0 Å². The first-order valence-corrected chi connectivity index (χ1v) is 10.1. The number of carbonyl (C=O) groups excluding carboxylic acids is 2. The average Bonchev–Trinajstić information content (AvgIpc) is 3.04. The van der Waals surface area contributed by atoms with Crippen molar-refractivity contribution < 1.29 is 29.3 Å². The molecule has 31 heavy (non-hydrogen) atoms. The van der Waals surface area contributed by atoms with Gasteiger partial charge in [-0.2, -0.15) is 0 Å². The molecule has 1 aliphatic rings. The SMILES string of the molecule is C[C@@H](CC(=O)N[C@H](C(=O)O)[C@@H](C)O)NC(=O)OCC1c2ccccc2-c2ccccc21. The quantitative estimate of drug-likeness (QED) is 0.513. The number of hydrogen-bond donors (Lipinski definition) is 4. The van der Waals surface area contributed by atoms with Crippen LogP contribution in [0.25, 0.3) is 11.1 Å². The van der Waals surface area contributed by atoms with Gasteiger partial charge in [0.05, 0.1) is 6.10 Å². The van der Waals surface area contributed by atoms with E-state index < -0.39 is 36.2 Å². The number of benzene rings is 2. The van der Waals surface area contributed by atoms with Crippen molar-refractivity contribution in [2.45, 2.75) is 44.4 Å². The van der Waals surface area contributed by atoms with E-state index in [1.807, 2.05) is 48.5 Å². The zero-order valence-corrected chi connectivity index (χ0v) is 17.4. The number of fused-ring (bicyclic) bond motifs is 3. The van der Waals surface area contributed by atoms with Gasteiger partial charge < -0.3 is 25.6 Å². The first kappa shape index (κ1) is 22.3. The van der Waals surface area contributed by atoms with E-state index in [2.05, 4.69) is 10.6 Å². The molecular weight excluding hydrogens is 400 g/mol. The number of hydrogen-bond acceptors (Lipinski definition) is 5. The summed E-state index contributed by atoms with van der Waals surface area (Å²) >= 11 is 0. The Balaban J connectivity index is 1.54. The highest BCUT2D eigenvalue weighted by atomic mass is 16.5. The molecule has 0 heterocycles. The number of amides is 2. The molecule has 0 radical (unpaired) electrons. The van der Waals surface area contributed by atoms with Crippen molar-refractivity contribution in [3.8, 4) is 11.1 Å². The van der Waals surface area contributed by atoms with Crippen molar-refractivity contribution in [3.63, 3.8) is 0 Å². The molecule has 8 nitrogen and oxygen atoms in total. The molecule has 3 rings (SSSR count). The molecule has 0 saturated heterocycles. The van der Waals surface area contributed by atoms with Gasteiger partial charge in [0, 0.05) is 18.4 Å². The first-order chi connectivity index (χ1) is 14.8. The zero-order valence-electron chi connectivity index (χ0n) is 17.4. The van der Waals surface area contributed by atoms with Crippen LogP contribution in [0, 0.1) is 0 Å². The fraction of sp³-hybridized carbons (Fsp3) is 0.348. The molecule has 1 aliphatic carbocycles. The Morgan fingerprint density at radius 1 is 0.968 bits per heavy atom. The topological polar surface area (TPSA) is 125 Å². The molecule has 0 unspecified atom stereocenters. The van der Waals surface area contributed by atoms with Crippen molar-refractivity contribution in [2.24, 2.45) is 0 Å². The van der Waals surface area contributed by atoms with Crippen LogP contribution in [0.5, 0.6) is 0 Å². The molecule has 3 atom stereocenters. The summed E-state index contributed by atoms with van der Waals surface area (Å²) in [6.07, 6.45) is -2.06. The fourth-order valence-corrected chi connectivity index (χ4v) is 3.79. The molecule has 2 aromatic rings. The Kier molecular flexibility index (Phi) is 6.91. The molecule has 4 N–H and O–H groups in total. The maximum atomic E-state index is 12.3. The highest BCUT2D eigenvalue weighted by molar-refractivity contribution is 5.84. The number of ether oxygens (including phenoxy) is 1. The third-order valence-electron chi connectivity index (χ3n) is 5.26. The lowest BCUT2D eigenvalue weighted by atomic mass is 9.98. The molecule has 2 amide bonds. The van der Waals surface area contributed by atoms with Gasteiger partial charge in [0.25, 0.3) is 0 Å². The number of nitrogens with one attached hydrogen (secondary N) is 2. The average molecular weight is 426 g/mol. The lowest BCUT2D eigenvalue weighted by Crippen LogP contribution is -2.49. The van der Waals surface area contributed by atoms with E-state index in [1.165, 1.54) is 6.92 Å². The summed E-state index contributed by atoms with van der Waals surface area (Å²) in [5.74, 6) is -2.00. The monoisotopic (exact) mass is 426 g/mol. The molecular formula is C23H26N2O6. The molecule has 0 bridgehead atoms. The summed E-state index contributed by atoms with van der Waals surface area (Å²) in [6, 6.07) is 14.0. The number of aliphatic carboxylic acids is 1. The summed E-state index contributed by atoms with van der Waals surface area (Å²) in [6.45, 7) is 3.04. The lowest BCUT2D eigenvalue weighted by molar-refractivity contribution is -0.144. The van der Waals surface area contributed by atoms with Crippen LogP contribution in [0.3, 0.4) is 0 Å². The van der Waals surface area contributed by atoms with E-state index in [1.54, 1.807) is 6.92 Å². The second-order valence-electron chi connectivity index (χ2n) is 7.70. The predicted octanol–water partition coefficient (Wildman–Crippen LogP) is 2.25. The maximum absolute atomic E-state index is 12.3. The minimum absolute atomic E-state index is 0.0703. The number of carboxylic acids is 1. The summed E-state index contributed by atoms with van der Waals surface area (Å²) in [4.78, 5) is 35.3. The standard InChI is InChI=1S/C23H26N2O6/c1-13(11-20(27)25-21(14(2)26)22(28)29)24-23(30)31-12-19-17-9-5-3-7-15(17)16-8-4-6-10-18(16)19/h3-10,13-14,19,21,26H,11-12H2,1-2H3,(H,24,30)(H,25,27)(H,28,29)/t13-,14+,21-/m0/s1. The zero-order chi connectivity index (χ0) is 22.5. The Bertz CT molecular complexity index is 929. The van der Waals surface area contributed by atoms with Crippen molar-refractivity contribution in [2.75, 3.05) is 6.61 Å². The van der Waals surface area contributed by atoms with Gasteiger partial charge >= 0.3 is 12.1 Å². The first-order valence-electron chi connectivity index (χ1n) is 10.1. The summed E-state index contributed by atoms with van der Waals surface area (Å²) in [5.41, 5.74) is 4.45.